The number of morpholine rings is 1. The molecule has 1 aliphatic heterocycles. The lowest BCUT2D eigenvalue weighted by Gasteiger charge is -2.30. The van der Waals surface area contributed by atoms with Gasteiger partial charge < -0.3 is 15.0 Å². The van der Waals surface area contributed by atoms with Crippen molar-refractivity contribution < 1.29 is 14.5 Å². The first kappa shape index (κ1) is 21.5. The van der Waals surface area contributed by atoms with E-state index in [-0.39, 0.29) is 17.5 Å². The molecule has 0 radical (unpaired) electrons. The standard InChI is InChI=1S/C25H25N3O4/c29-25(22-17-21(28(30)31)11-12-24(22)27-13-15-32-16-14-27)26-18-23(19-7-3-1-4-8-19)20-9-5-2-6-10-20/h1-12,17,23H,13-16,18H2,(H,26,29). The number of carbonyl (C=O) groups excluding carboxylic acids is 1. The van der Waals surface area contributed by atoms with Gasteiger partial charge in [0, 0.05) is 37.7 Å². The first-order chi connectivity index (χ1) is 15.6. The highest BCUT2D eigenvalue weighted by Gasteiger charge is 2.23. The molecule has 1 fully saturated rings. The normalized spacial score (nSPS) is 13.7. The molecule has 1 amide bonds. The molecule has 0 aliphatic carbocycles. The molecule has 4 rings (SSSR count). The highest BCUT2D eigenvalue weighted by atomic mass is 16.6. The van der Waals surface area contributed by atoms with Gasteiger partial charge in [-0.2, -0.15) is 0 Å². The molecule has 7 nitrogen and oxygen atoms in total. The van der Waals surface area contributed by atoms with Gasteiger partial charge in [-0.15, -0.1) is 0 Å². The van der Waals surface area contributed by atoms with Crippen molar-refractivity contribution >= 4 is 17.3 Å². The summed E-state index contributed by atoms with van der Waals surface area (Å²) in [5.41, 5.74) is 3.07. The summed E-state index contributed by atoms with van der Waals surface area (Å²) < 4.78 is 5.41. The smallest absolute Gasteiger partial charge is 0.270 e. The number of non-ortho nitro benzene ring substituents is 1. The van der Waals surface area contributed by atoms with Crippen molar-refractivity contribution in [3.8, 4) is 0 Å². The summed E-state index contributed by atoms with van der Waals surface area (Å²) in [7, 11) is 0. The van der Waals surface area contributed by atoms with Crippen LogP contribution in [0.4, 0.5) is 11.4 Å². The lowest BCUT2D eigenvalue weighted by molar-refractivity contribution is -0.384. The quantitative estimate of drug-likeness (QED) is 0.452. The lowest BCUT2D eigenvalue weighted by Crippen LogP contribution is -2.38. The number of rotatable bonds is 7. The second kappa shape index (κ2) is 10.1. The number of nitrogens with one attached hydrogen (secondary N) is 1. The monoisotopic (exact) mass is 431 g/mol. The number of nitrogens with zero attached hydrogens (tertiary/aromatic N) is 2. The number of ether oxygens (including phenoxy) is 1. The first-order valence-electron chi connectivity index (χ1n) is 10.6. The van der Waals surface area contributed by atoms with Crippen molar-refractivity contribution in [3.63, 3.8) is 0 Å². The molecule has 0 unspecified atom stereocenters. The summed E-state index contributed by atoms with van der Waals surface area (Å²) in [6.07, 6.45) is 0. The van der Waals surface area contributed by atoms with Crippen molar-refractivity contribution in [1.29, 1.82) is 0 Å². The fourth-order valence-corrected chi connectivity index (χ4v) is 3.99. The van der Waals surface area contributed by atoms with E-state index < -0.39 is 4.92 Å². The van der Waals surface area contributed by atoms with Gasteiger partial charge in [-0.25, -0.2) is 0 Å². The molecule has 1 saturated heterocycles. The van der Waals surface area contributed by atoms with E-state index in [2.05, 4.69) is 5.32 Å². The maximum atomic E-state index is 13.3. The molecule has 164 valence electrons. The fourth-order valence-electron chi connectivity index (χ4n) is 3.99. The van der Waals surface area contributed by atoms with Gasteiger partial charge in [-0.1, -0.05) is 60.7 Å². The molecule has 3 aromatic rings. The Balaban J connectivity index is 1.60. The van der Waals surface area contributed by atoms with Crippen LogP contribution in [0.3, 0.4) is 0 Å². The average molecular weight is 431 g/mol. The van der Waals surface area contributed by atoms with Gasteiger partial charge in [0.15, 0.2) is 0 Å². The van der Waals surface area contributed by atoms with Crippen LogP contribution in [-0.4, -0.2) is 43.7 Å². The van der Waals surface area contributed by atoms with E-state index in [0.717, 1.165) is 11.1 Å². The Morgan fingerprint density at radius 3 is 2.12 bits per heavy atom. The number of hydrogen-bond acceptors (Lipinski definition) is 5. The third-order valence-electron chi connectivity index (χ3n) is 5.66. The zero-order chi connectivity index (χ0) is 22.3. The van der Waals surface area contributed by atoms with E-state index in [9.17, 15) is 14.9 Å². The number of anilines is 1. The van der Waals surface area contributed by atoms with Gasteiger partial charge in [-0.05, 0) is 17.2 Å². The molecule has 0 aromatic heterocycles. The topological polar surface area (TPSA) is 84.7 Å². The predicted octanol–water partition coefficient (Wildman–Crippen LogP) is 3.99. The van der Waals surface area contributed by atoms with E-state index in [0.29, 0.717) is 44.1 Å². The van der Waals surface area contributed by atoms with Crippen molar-refractivity contribution in [3.05, 3.63) is 106 Å². The van der Waals surface area contributed by atoms with Gasteiger partial charge in [0.05, 0.1) is 29.4 Å². The Morgan fingerprint density at radius 2 is 1.56 bits per heavy atom. The minimum atomic E-state index is -0.476. The van der Waals surface area contributed by atoms with Gasteiger partial charge in [-0.3, -0.25) is 14.9 Å². The van der Waals surface area contributed by atoms with E-state index in [1.165, 1.54) is 12.1 Å². The number of carbonyl (C=O) groups is 1. The number of amides is 1. The summed E-state index contributed by atoms with van der Waals surface area (Å²) in [6, 6.07) is 24.4. The maximum absolute atomic E-state index is 13.3. The number of nitro groups is 1. The zero-order valence-electron chi connectivity index (χ0n) is 17.6. The molecule has 0 atom stereocenters. The molecule has 32 heavy (non-hydrogen) atoms. The zero-order valence-corrected chi connectivity index (χ0v) is 17.6. The van der Waals surface area contributed by atoms with Gasteiger partial charge in [0.1, 0.15) is 0 Å². The lowest BCUT2D eigenvalue weighted by atomic mass is 9.91. The number of nitro benzene ring substituents is 1. The molecular weight excluding hydrogens is 406 g/mol. The van der Waals surface area contributed by atoms with Crippen molar-refractivity contribution in [2.75, 3.05) is 37.7 Å². The minimum absolute atomic E-state index is 0.0353. The molecular formula is C25H25N3O4. The summed E-state index contributed by atoms with van der Waals surface area (Å²) in [5, 5.41) is 14.4. The Hall–Kier alpha value is -3.71. The van der Waals surface area contributed by atoms with Crippen LogP contribution in [0, 0.1) is 10.1 Å². The molecule has 1 heterocycles. The molecule has 3 aromatic carbocycles. The fraction of sp³-hybridized carbons (Fsp3) is 0.240. The third kappa shape index (κ3) is 4.95. The van der Waals surface area contributed by atoms with Crippen LogP contribution in [0.2, 0.25) is 0 Å². The minimum Gasteiger partial charge on any atom is -0.378 e. The van der Waals surface area contributed by atoms with E-state index in [1.54, 1.807) is 6.07 Å². The van der Waals surface area contributed by atoms with Crippen molar-refractivity contribution in [2.45, 2.75) is 5.92 Å². The third-order valence-corrected chi connectivity index (χ3v) is 5.66. The molecule has 7 heteroatoms. The van der Waals surface area contributed by atoms with Crippen LogP contribution in [0.15, 0.2) is 78.9 Å². The molecule has 0 bridgehead atoms. The van der Waals surface area contributed by atoms with Crippen LogP contribution in [0.1, 0.15) is 27.4 Å². The predicted molar refractivity (Wildman–Crippen MR) is 123 cm³/mol. The second-order valence-electron chi connectivity index (χ2n) is 7.64. The van der Waals surface area contributed by atoms with E-state index in [1.807, 2.05) is 65.6 Å². The highest BCUT2D eigenvalue weighted by molar-refractivity contribution is 6.00. The molecule has 0 spiro atoms. The SMILES string of the molecule is O=C(NCC(c1ccccc1)c1ccccc1)c1cc([N+](=O)[O-])ccc1N1CCOCC1. The van der Waals surface area contributed by atoms with Crippen LogP contribution < -0.4 is 10.2 Å². The van der Waals surface area contributed by atoms with Crippen LogP contribution in [0.25, 0.3) is 0 Å². The Morgan fingerprint density at radius 1 is 0.969 bits per heavy atom. The summed E-state index contributed by atoms with van der Waals surface area (Å²) in [4.78, 5) is 26.2. The molecule has 1 N–H and O–H groups in total. The van der Waals surface area contributed by atoms with Crippen LogP contribution in [0.5, 0.6) is 0 Å². The molecule has 0 saturated carbocycles. The van der Waals surface area contributed by atoms with Crippen LogP contribution in [-0.2, 0) is 4.74 Å². The molecule has 1 aliphatic rings. The Bertz CT molecular complexity index is 1030. The van der Waals surface area contributed by atoms with Gasteiger partial charge in [0.2, 0.25) is 0 Å². The average Bonchev–Trinajstić information content (AvgIpc) is 2.85. The second-order valence-corrected chi connectivity index (χ2v) is 7.64. The summed E-state index contributed by atoms with van der Waals surface area (Å²) in [6.45, 7) is 2.76. The first-order valence-corrected chi connectivity index (χ1v) is 10.6. The number of benzene rings is 3. The Kier molecular flexibility index (Phi) is 6.77. The van der Waals surface area contributed by atoms with Crippen LogP contribution >= 0.6 is 0 Å². The summed E-state index contributed by atoms with van der Waals surface area (Å²) in [5.74, 6) is -0.362. The van der Waals surface area contributed by atoms with Gasteiger partial charge >= 0.3 is 0 Å². The van der Waals surface area contributed by atoms with E-state index in [4.69, 9.17) is 4.74 Å². The largest absolute Gasteiger partial charge is 0.378 e. The van der Waals surface area contributed by atoms with Crippen molar-refractivity contribution in [2.24, 2.45) is 0 Å². The Labute approximate surface area is 186 Å². The van der Waals surface area contributed by atoms with Crippen molar-refractivity contribution in [1.82, 2.24) is 5.32 Å². The summed E-state index contributed by atoms with van der Waals surface area (Å²) >= 11 is 0. The van der Waals surface area contributed by atoms with Gasteiger partial charge in [0.25, 0.3) is 11.6 Å². The highest BCUT2D eigenvalue weighted by Crippen LogP contribution is 2.28. The maximum Gasteiger partial charge on any atom is 0.270 e. The number of hydrogen-bond donors (Lipinski definition) is 1. The van der Waals surface area contributed by atoms with E-state index >= 15 is 0 Å².